The SMILES string of the molecule is Clc1ccc(C2CO[C]=N2)c(Cl)c1. The fourth-order valence-corrected chi connectivity index (χ4v) is 1.72. The molecule has 0 aromatic heterocycles. The molecule has 2 rings (SSSR count). The molecule has 1 aliphatic heterocycles. The van der Waals surface area contributed by atoms with E-state index in [4.69, 9.17) is 27.9 Å². The van der Waals surface area contributed by atoms with E-state index in [1.54, 1.807) is 12.1 Å². The summed E-state index contributed by atoms with van der Waals surface area (Å²) in [5.41, 5.74) is 0.927. The average Bonchev–Trinajstić information content (AvgIpc) is 2.56. The summed E-state index contributed by atoms with van der Waals surface area (Å²) in [6, 6.07) is 5.31. The van der Waals surface area contributed by atoms with E-state index in [2.05, 4.69) is 11.4 Å². The van der Waals surface area contributed by atoms with Crippen molar-refractivity contribution in [3.8, 4) is 0 Å². The maximum Gasteiger partial charge on any atom is 0.273 e. The monoisotopic (exact) mass is 214 g/mol. The van der Waals surface area contributed by atoms with Gasteiger partial charge in [-0.05, 0) is 17.7 Å². The van der Waals surface area contributed by atoms with Crippen LogP contribution < -0.4 is 0 Å². The first-order valence-corrected chi connectivity index (χ1v) is 4.54. The normalized spacial score (nSPS) is 20.3. The number of ether oxygens (including phenoxy) is 1. The van der Waals surface area contributed by atoms with Crippen molar-refractivity contribution in [1.82, 2.24) is 0 Å². The number of aliphatic imine (C=N–C) groups is 1. The van der Waals surface area contributed by atoms with Crippen molar-refractivity contribution in [2.45, 2.75) is 6.04 Å². The van der Waals surface area contributed by atoms with Gasteiger partial charge in [0.25, 0.3) is 6.40 Å². The molecule has 0 saturated heterocycles. The molecule has 0 bridgehead atoms. The molecule has 0 saturated carbocycles. The van der Waals surface area contributed by atoms with Crippen molar-refractivity contribution in [2.24, 2.45) is 4.99 Å². The lowest BCUT2D eigenvalue weighted by Gasteiger charge is -2.07. The van der Waals surface area contributed by atoms with Gasteiger partial charge in [0.1, 0.15) is 12.6 Å². The molecule has 0 spiro atoms. The molecule has 1 heterocycles. The second-order valence-corrected chi connectivity index (χ2v) is 3.56. The second kappa shape index (κ2) is 3.56. The van der Waals surface area contributed by atoms with Crippen molar-refractivity contribution >= 4 is 29.6 Å². The number of hydrogen-bond donors (Lipinski definition) is 0. The zero-order valence-electron chi connectivity index (χ0n) is 6.63. The molecule has 4 heteroatoms. The molecule has 1 aliphatic rings. The number of nitrogens with zero attached hydrogens (tertiary/aromatic N) is 1. The Labute approximate surface area is 86.1 Å². The van der Waals surface area contributed by atoms with E-state index in [-0.39, 0.29) is 6.04 Å². The van der Waals surface area contributed by atoms with E-state index in [0.717, 1.165) is 5.56 Å². The van der Waals surface area contributed by atoms with Gasteiger partial charge in [-0.15, -0.1) is 0 Å². The van der Waals surface area contributed by atoms with Gasteiger partial charge >= 0.3 is 0 Å². The van der Waals surface area contributed by atoms with E-state index < -0.39 is 0 Å². The third kappa shape index (κ3) is 1.79. The zero-order chi connectivity index (χ0) is 9.26. The lowest BCUT2D eigenvalue weighted by Crippen LogP contribution is -1.97. The van der Waals surface area contributed by atoms with Crippen LogP contribution in [0.15, 0.2) is 23.2 Å². The summed E-state index contributed by atoms with van der Waals surface area (Å²) in [6.45, 7) is 0.501. The smallest absolute Gasteiger partial charge is 0.273 e. The van der Waals surface area contributed by atoms with Crippen molar-refractivity contribution in [3.63, 3.8) is 0 Å². The fraction of sp³-hybridized carbons (Fsp3) is 0.222. The van der Waals surface area contributed by atoms with E-state index in [0.29, 0.717) is 16.7 Å². The van der Waals surface area contributed by atoms with Crippen LogP contribution in [-0.4, -0.2) is 13.0 Å². The molecule has 13 heavy (non-hydrogen) atoms. The van der Waals surface area contributed by atoms with Crippen LogP contribution in [0, 0.1) is 0 Å². The van der Waals surface area contributed by atoms with Crippen LogP contribution in [0.2, 0.25) is 10.0 Å². The molecule has 0 fully saturated rings. The van der Waals surface area contributed by atoms with Crippen LogP contribution in [0.25, 0.3) is 0 Å². The van der Waals surface area contributed by atoms with Crippen LogP contribution >= 0.6 is 23.2 Å². The molecule has 1 aromatic rings. The Balaban J connectivity index is 2.34. The predicted octanol–water partition coefficient (Wildman–Crippen LogP) is 2.97. The highest BCUT2D eigenvalue weighted by atomic mass is 35.5. The summed E-state index contributed by atoms with van der Waals surface area (Å²) in [5, 5.41) is 1.24. The van der Waals surface area contributed by atoms with Gasteiger partial charge in [0.15, 0.2) is 0 Å². The minimum atomic E-state index is -0.0373. The Kier molecular flexibility index (Phi) is 2.42. The first kappa shape index (κ1) is 8.85. The molecule has 67 valence electrons. The largest absolute Gasteiger partial charge is 0.471 e. The van der Waals surface area contributed by atoms with Crippen LogP contribution in [0.5, 0.6) is 0 Å². The van der Waals surface area contributed by atoms with Gasteiger partial charge in [-0.1, -0.05) is 29.3 Å². The van der Waals surface area contributed by atoms with Crippen LogP contribution in [-0.2, 0) is 4.74 Å². The minimum absolute atomic E-state index is 0.0373. The summed E-state index contributed by atoms with van der Waals surface area (Å²) < 4.78 is 4.89. The fourth-order valence-electron chi connectivity index (χ4n) is 1.19. The first-order chi connectivity index (χ1) is 6.27. The maximum absolute atomic E-state index is 5.98. The average molecular weight is 215 g/mol. The maximum atomic E-state index is 5.98. The highest BCUT2D eigenvalue weighted by Crippen LogP contribution is 2.29. The third-order valence-corrected chi connectivity index (χ3v) is 2.40. The zero-order valence-corrected chi connectivity index (χ0v) is 8.14. The lowest BCUT2D eigenvalue weighted by atomic mass is 10.1. The summed E-state index contributed by atoms with van der Waals surface area (Å²) in [4.78, 5) is 4.00. The summed E-state index contributed by atoms with van der Waals surface area (Å²) in [5.74, 6) is 0. The molecule has 2 nitrogen and oxygen atoms in total. The Bertz CT molecular complexity index is 351. The molecular weight excluding hydrogens is 209 g/mol. The highest BCUT2D eigenvalue weighted by molar-refractivity contribution is 6.35. The molecule has 0 aliphatic carbocycles. The molecular formula is C9H6Cl2NO. The van der Waals surface area contributed by atoms with Crippen molar-refractivity contribution in [3.05, 3.63) is 33.8 Å². The number of halogens is 2. The third-order valence-electron chi connectivity index (χ3n) is 1.84. The van der Waals surface area contributed by atoms with Gasteiger partial charge in [-0.3, -0.25) is 0 Å². The molecule has 0 N–H and O–H groups in total. The summed E-state index contributed by atoms with van der Waals surface area (Å²) in [7, 11) is 0. The van der Waals surface area contributed by atoms with Gasteiger partial charge in [-0.2, -0.15) is 0 Å². The van der Waals surface area contributed by atoms with Crippen molar-refractivity contribution < 1.29 is 4.74 Å². The van der Waals surface area contributed by atoms with Gasteiger partial charge in [0.2, 0.25) is 0 Å². The van der Waals surface area contributed by atoms with E-state index >= 15 is 0 Å². The molecule has 1 atom stereocenters. The topological polar surface area (TPSA) is 21.6 Å². The first-order valence-electron chi connectivity index (χ1n) is 3.79. The number of rotatable bonds is 1. The van der Waals surface area contributed by atoms with Crippen LogP contribution in [0.3, 0.4) is 0 Å². The Hall–Kier alpha value is -0.730. The van der Waals surface area contributed by atoms with E-state index in [9.17, 15) is 0 Å². The van der Waals surface area contributed by atoms with Crippen LogP contribution in [0.1, 0.15) is 11.6 Å². The predicted molar refractivity (Wildman–Crippen MR) is 52.6 cm³/mol. The summed E-state index contributed by atoms with van der Waals surface area (Å²) >= 11 is 11.7. The lowest BCUT2D eigenvalue weighted by molar-refractivity contribution is 0.330. The van der Waals surface area contributed by atoms with Crippen molar-refractivity contribution in [1.29, 1.82) is 0 Å². The Morgan fingerprint density at radius 1 is 1.46 bits per heavy atom. The van der Waals surface area contributed by atoms with Crippen molar-refractivity contribution in [2.75, 3.05) is 6.61 Å². The van der Waals surface area contributed by atoms with E-state index in [1.807, 2.05) is 6.07 Å². The highest BCUT2D eigenvalue weighted by Gasteiger charge is 2.17. The van der Waals surface area contributed by atoms with Gasteiger partial charge in [0.05, 0.1) is 0 Å². The standard InChI is InChI=1S/C9H6Cl2NO/c10-6-1-2-7(8(11)3-6)9-4-13-5-12-9/h1-3,9H,4H2. The molecule has 1 aromatic carbocycles. The quantitative estimate of drug-likeness (QED) is 0.705. The van der Waals surface area contributed by atoms with E-state index in [1.165, 1.54) is 0 Å². The van der Waals surface area contributed by atoms with Gasteiger partial charge in [0, 0.05) is 10.0 Å². The molecule has 1 radical (unpaired) electrons. The van der Waals surface area contributed by atoms with Gasteiger partial charge < -0.3 is 4.74 Å². The van der Waals surface area contributed by atoms with Crippen LogP contribution in [0.4, 0.5) is 0 Å². The molecule has 1 unspecified atom stereocenters. The molecule has 0 amide bonds. The van der Waals surface area contributed by atoms with Gasteiger partial charge in [-0.25, -0.2) is 4.99 Å². The summed E-state index contributed by atoms with van der Waals surface area (Å²) in [6.07, 6.45) is 2.45. The number of benzene rings is 1. The second-order valence-electron chi connectivity index (χ2n) is 2.71. The minimum Gasteiger partial charge on any atom is -0.471 e. The Morgan fingerprint density at radius 3 is 2.92 bits per heavy atom. The Morgan fingerprint density at radius 2 is 2.31 bits per heavy atom. The number of hydrogen-bond acceptors (Lipinski definition) is 2.